The lowest BCUT2D eigenvalue weighted by Gasteiger charge is -2.25. The van der Waals surface area contributed by atoms with Gasteiger partial charge >= 0.3 is 11.9 Å². The second-order valence-electron chi connectivity index (χ2n) is 8.03. The number of rotatable bonds is 8. The van der Waals surface area contributed by atoms with Gasteiger partial charge in [0, 0.05) is 11.1 Å². The molecule has 0 amide bonds. The third kappa shape index (κ3) is 6.99. The SMILES string of the molecule is C=COC(=O)C[C@H](C)[C@H](N=C(c1ccccc1)c1ccccc1)C(=O)OC(C)(C)C. The fourth-order valence-electron chi connectivity index (χ4n) is 2.94. The Labute approximate surface area is 178 Å². The van der Waals surface area contributed by atoms with E-state index >= 15 is 0 Å². The van der Waals surface area contributed by atoms with Crippen molar-refractivity contribution in [1.82, 2.24) is 0 Å². The Morgan fingerprint density at radius 3 is 1.93 bits per heavy atom. The number of aliphatic imine (C=N–C) groups is 1. The minimum absolute atomic E-state index is 0.0102. The van der Waals surface area contributed by atoms with Gasteiger partial charge in [0.05, 0.1) is 18.4 Å². The lowest BCUT2D eigenvalue weighted by Crippen LogP contribution is -2.36. The Hall–Kier alpha value is -3.21. The summed E-state index contributed by atoms with van der Waals surface area (Å²) in [7, 11) is 0. The van der Waals surface area contributed by atoms with Crippen LogP contribution in [0.2, 0.25) is 0 Å². The summed E-state index contributed by atoms with van der Waals surface area (Å²) in [6.45, 7) is 10.6. The predicted molar refractivity (Wildman–Crippen MR) is 118 cm³/mol. The van der Waals surface area contributed by atoms with Gasteiger partial charge in [-0.2, -0.15) is 0 Å². The third-order valence-corrected chi connectivity index (χ3v) is 4.25. The van der Waals surface area contributed by atoms with Crippen molar-refractivity contribution in [2.24, 2.45) is 10.9 Å². The lowest BCUT2D eigenvalue weighted by molar-refractivity contribution is -0.158. The molecule has 0 fully saturated rings. The standard InChI is InChI=1S/C25H29NO4/c1-6-29-21(27)17-18(2)22(24(28)30-25(3,4)5)26-23(19-13-9-7-10-14-19)20-15-11-8-12-16-20/h6-16,18,22H,1,17H2,2-5H3/t18-,22-/m0/s1. The maximum absolute atomic E-state index is 13.0. The molecule has 0 aromatic heterocycles. The normalized spacial score (nSPS) is 12.9. The van der Waals surface area contributed by atoms with E-state index in [1.165, 1.54) is 0 Å². The van der Waals surface area contributed by atoms with Crippen molar-refractivity contribution < 1.29 is 19.1 Å². The van der Waals surface area contributed by atoms with E-state index in [1.54, 1.807) is 27.7 Å². The molecule has 0 radical (unpaired) electrons. The first-order valence-corrected chi connectivity index (χ1v) is 9.93. The number of benzene rings is 2. The quantitative estimate of drug-likeness (QED) is 0.353. The smallest absolute Gasteiger partial charge is 0.331 e. The van der Waals surface area contributed by atoms with Gasteiger partial charge < -0.3 is 9.47 Å². The molecule has 0 spiro atoms. The topological polar surface area (TPSA) is 65.0 Å². The molecule has 30 heavy (non-hydrogen) atoms. The summed E-state index contributed by atoms with van der Waals surface area (Å²) < 4.78 is 10.5. The molecule has 2 atom stereocenters. The molecule has 0 aliphatic carbocycles. The first-order chi connectivity index (χ1) is 14.2. The summed E-state index contributed by atoms with van der Waals surface area (Å²) in [6, 6.07) is 18.4. The molecule has 2 aromatic rings. The minimum atomic E-state index is -0.878. The summed E-state index contributed by atoms with van der Waals surface area (Å²) in [6.07, 6.45) is 1.09. The number of carbonyl (C=O) groups is 2. The van der Waals surface area contributed by atoms with Crippen LogP contribution in [0.4, 0.5) is 0 Å². The lowest BCUT2D eigenvalue weighted by atomic mass is 9.96. The highest BCUT2D eigenvalue weighted by Gasteiger charge is 2.32. The van der Waals surface area contributed by atoms with Crippen LogP contribution in [0, 0.1) is 5.92 Å². The van der Waals surface area contributed by atoms with Crippen LogP contribution >= 0.6 is 0 Å². The molecule has 0 aliphatic heterocycles. The molecule has 158 valence electrons. The number of hydrogen-bond donors (Lipinski definition) is 0. The molecular weight excluding hydrogens is 378 g/mol. The molecule has 5 nitrogen and oxygen atoms in total. The average Bonchev–Trinajstić information content (AvgIpc) is 2.68. The molecular formula is C25H29NO4. The fourth-order valence-corrected chi connectivity index (χ4v) is 2.94. The van der Waals surface area contributed by atoms with Crippen molar-refractivity contribution in [2.75, 3.05) is 0 Å². The summed E-state index contributed by atoms with van der Waals surface area (Å²) in [5, 5.41) is 0. The first kappa shape index (κ1) is 23.1. The maximum atomic E-state index is 13.0. The third-order valence-electron chi connectivity index (χ3n) is 4.25. The van der Waals surface area contributed by atoms with Gasteiger partial charge in [-0.25, -0.2) is 4.79 Å². The molecule has 0 heterocycles. The zero-order valence-electron chi connectivity index (χ0n) is 18.0. The number of carbonyl (C=O) groups excluding carboxylic acids is 2. The van der Waals surface area contributed by atoms with Gasteiger partial charge in [-0.05, 0) is 26.7 Å². The van der Waals surface area contributed by atoms with Crippen LogP contribution < -0.4 is 0 Å². The van der Waals surface area contributed by atoms with Crippen LogP contribution in [0.5, 0.6) is 0 Å². The molecule has 0 saturated carbocycles. The van der Waals surface area contributed by atoms with Gasteiger partial charge in [-0.15, -0.1) is 0 Å². The number of nitrogens with zero attached hydrogens (tertiary/aromatic N) is 1. The van der Waals surface area contributed by atoms with Crippen LogP contribution in [-0.4, -0.2) is 29.3 Å². The van der Waals surface area contributed by atoms with Gasteiger partial charge in [-0.1, -0.05) is 74.2 Å². The summed E-state index contributed by atoms with van der Waals surface area (Å²) >= 11 is 0. The van der Waals surface area contributed by atoms with E-state index in [0.717, 1.165) is 17.4 Å². The average molecular weight is 408 g/mol. The Bertz CT molecular complexity index is 841. The fraction of sp³-hybridized carbons (Fsp3) is 0.320. The molecule has 2 rings (SSSR count). The highest BCUT2D eigenvalue weighted by molar-refractivity contribution is 6.13. The minimum Gasteiger partial charge on any atom is -0.458 e. The van der Waals surface area contributed by atoms with Gasteiger partial charge in [0.15, 0.2) is 6.04 Å². The Morgan fingerprint density at radius 2 is 1.50 bits per heavy atom. The van der Waals surface area contributed by atoms with E-state index in [2.05, 4.69) is 6.58 Å². The number of esters is 2. The van der Waals surface area contributed by atoms with Crippen LogP contribution in [0.25, 0.3) is 0 Å². The predicted octanol–water partition coefficient (Wildman–Crippen LogP) is 4.95. The molecule has 0 aliphatic rings. The molecule has 0 bridgehead atoms. The molecule has 5 heteroatoms. The molecule has 0 N–H and O–H groups in total. The zero-order valence-corrected chi connectivity index (χ0v) is 18.0. The van der Waals surface area contributed by atoms with Crippen molar-refractivity contribution in [3.63, 3.8) is 0 Å². The van der Waals surface area contributed by atoms with E-state index in [-0.39, 0.29) is 6.42 Å². The Kier molecular flexibility index (Phi) is 8.10. The van der Waals surface area contributed by atoms with Gasteiger partial charge in [0.2, 0.25) is 0 Å². The number of ether oxygens (including phenoxy) is 2. The van der Waals surface area contributed by atoms with Crippen molar-refractivity contribution in [1.29, 1.82) is 0 Å². The largest absolute Gasteiger partial charge is 0.458 e. The summed E-state index contributed by atoms with van der Waals surface area (Å²) in [4.78, 5) is 29.9. The van der Waals surface area contributed by atoms with Crippen molar-refractivity contribution in [2.45, 2.75) is 45.8 Å². The highest BCUT2D eigenvalue weighted by atomic mass is 16.6. The van der Waals surface area contributed by atoms with Crippen LogP contribution in [0.1, 0.15) is 45.2 Å². The van der Waals surface area contributed by atoms with Gasteiger partial charge in [0.1, 0.15) is 5.60 Å². The monoisotopic (exact) mass is 407 g/mol. The molecule has 0 saturated heterocycles. The highest BCUT2D eigenvalue weighted by Crippen LogP contribution is 2.21. The summed E-state index contributed by atoms with van der Waals surface area (Å²) in [5.41, 5.74) is 1.73. The summed E-state index contributed by atoms with van der Waals surface area (Å²) in [5.74, 6) is -1.39. The van der Waals surface area contributed by atoms with Crippen LogP contribution in [0.3, 0.4) is 0 Å². The van der Waals surface area contributed by atoms with E-state index < -0.39 is 29.5 Å². The van der Waals surface area contributed by atoms with E-state index in [4.69, 9.17) is 14.5 Å². The van der Waals surface area contributed by atoms with Gasteiger partial charge in [0.25, 0.3) is 0 Å². The van der Waals surface area contributed by atoms with Crippen molar-refractivity contribution >= 4 is 17.7 Å². The number of hydrogen-bond acceptors (Lipinski definition) is 5. The van der Waals surface area contributed by atoms with E-state index in [0.29, 0.717) is 5.71 Å². The van der Waals surface area contributed by atoms with Crippen molar-refractivity contribution in [3.8, 4) is 0 Å². The van der Waals surface area contributed by atoms with E-state index in [1.807, 2.05) is 60.7 Å². The second-order valence-corrected chi connectivity index (χ2v) is 8.03. The Balaban J connectivity index is 2.51. The maximum Gasteiger partial charge on any atom is 0.331 e. The van der Waals surface area contributed by atoms with Gasteiger partial charge in [-0.3, -0.25) is 9.79 Å². The van der Waals surface area contributed by atoms with Crippen LogP contribution in [0.15, 0.2) is 78.5 Å². The zero-order chi connectivity index (χ0) is 22.1. The molecule has 0 unspecified atom stereocenters. The van der Waals surface area contributed by atoms with Crippen molar-refractivity contribution in [3.05, 3.63) is 84.6 Å². The van der Waals surface area contributed by atoms with E-state index in [9.17, 15) is 9.59 Å². The Morgan fingerprint density at radius 1 is 1.00 bits per heavy atom. The molecule has 2 aromatic carbocycles. The first-order valence-electron chi connectivity index (χ1n) is 9.93. The second kappa shape index (κ2) is 10.5. The van der Waals surface area contributed by atoms with Crippen LogP contribution in [-0.2, 0) is 19.1 Å².